The summed E-state index contributed by atoms with van der Waals surface area (Å²) in [4.78, 5) is 11.0. The number of carbonyl (C=O) groups is 1. The van der Waals surface area contributed by atoms with Crippen LogP contribution in [0, 0.1) is 0 Å². The molecule has 108 valence electrons. The fourth-order valence-corrected chi connectivity index (χ4v) is 3.29. The van der Waals surface area contributed by atoms with Gasteiger partial charge in [-0.25, -0.2) is 17.9 Å². The van der Waals surface area contributed by atoms with E-state index < -0.39 is 28.6 Å². The van der Waals surface area contributed by atoms with Gasteiger partial charge in [0.05, 0.1) is 18.5 Å². The number of aliphatic hydroxyl groups is 1. The van der Waals surface area contributed by atoms with Crippen LogP contribution >= 0.6 is 0 Å². The van der Waals surface area contributed by atoms with Crippen LogP contribution in [0.4, 0.5) is 11.4 Å². The molecular weight excluding hydrogens is 306 g/mol. The fraction of sp³-hybridized carbons (Fsp3) is 0.300. The van der Waals surface area contributed by atoms with Crippen molar-refractivity contribution in [3.05, 3.63) is 18.2 Å². The van der Waals surface area contributed by atoms with Crippen molar-refractivity contribution in [1.82, 2.24) is 4.72 Å². The summed E-state index contributed by atoms with van der Waals surface area (Å²) in [6, 6.07) is 4.55. The molecule has 1 unspecified atom stereocenters. The van der Waals surface area contributed by atoms with Crippen molar-refractivity contribution in [3.63, 3.8) is 0 Å². The number of hydrogen-bond donors (Lipinski definition) is 2. The minimum Gasteiger partial charge on any atom is -0.467 e. The predicted molar refractivity (Wildman–Crippen MR) is 71.2 cm³/mol. The number of sulfonamides is 1. The molecule has 1 aliphatic heterocycles. The Morgan fingerprint density at radius 3 is 2.95 bits per heavy atom. The summed E-state index contributed by atoms with van der Waals surface area (Å²) in [7, 11) is -2.81. The summed E-state index contributed by atoms with van der Waals surface area (Å²) in [6.45, 7) is -0.483. The summed E-state index contributed by atoms with van der Waals surface area (Å²) in [5.74, 6) is -0.916. The van der Waals surface area contributed by atoms with E-state index >= 15 is 0 Å². The Morgan fingerprint density at radius 2 is 2.25 bits per heavy atom. The average Bonchev–Trinajstić information content (AvgIpc) is 2.91. The van der Waals surface area contributed by atoms with E-state index in [0.717, 1.165) is 18.5 Å². The highest BCUT2D eigenvalue weighted by atomic mass is 32.2. The summed E-state index contributed by atoms with van der Waals surface area (Å²) >= 11 is 0.900. The molecule has 1 aromatic rings. The lowest BCUT2D eigenvalue weighted by atomic mass is 10.3. The van der Waals surface area contributed by atoms with Gasteiger partial charge in [0.15, 0.2) is 6.10 Å². The van der Waals surface area contributed by atoms with Crippen LogP contribution in [0.3, 0.4) is 0 Å². The van der Waals surface area contributed by atoms with Gasteiger partial charge < -0.3 is 9.84 Å². The van der Waals surface area contributed by atoms with Crippen molar-refractivity contribution < 1.29 is 23.1 Å². The largest absolute Gasteiger partial charge is 0.467 e. The number of ether oxygens (including phenoxy) is 1. The lowest BCUT2D eigenvalue weighted by Gasteiger charge is -2.11. The van der Waals surface area contributed by atoms with Crippen molar-refractivity contribution in [1.29, 1.82) is 0 Å². The molecule has 0 aromatic heterocycles. The number of aliphatic hydroxyl groups excluding tert-OH is 1. The molecule has 0 fully saturated rings. The Hall–Kier alpha value is -1.62. The number of esters is 1. The molecule has 8 nitrogen and oxygen atoms in total. The van der Waals surface area contributed by atoms with E-state index in [1.54, 1.807) is 6.07 Å². The molecule has 1 aromatic carbocycles. The molecule has 0 aliphatic carbocycles. The zero-order valence-corrected chi connectivity index (χ0v) is 11.9. The Balaban J connectivity index is 2.19. The van der Waals surface area contributed by atoms with Gasteiger partial charge in [-0.3, -0.25) is 0 Å². The molecular formula is C10H11N3O5S2. The Morgan fingerprint density at radius 1 is 1.50 bits per heavy atom. The first-order chi connectivity index (χ1) is 9.45. The molecule has 1 atom stereocenters. The lowest BCUT2D eigenvalue weighted by Crippen LogP contribution is -2.37. The molecule has 1 aliphatic rings. The summed E-state index contributed by atoms with van der Waals surface area (Å²) in [5.41, 5.74) is 0.712. The zero-order valence-electron chi connectivity index (χ0n) is 10.3. The van der Waals surface area contributed by atoms with Gasteiger partial charge in [0.2, 0.25) is 10.0 Å². The van der Waals surface area contributed by atoms with Crippen molar-refractivity contribution in [2.24, 2.45) is 8.73 Å². The number of nitrogens with one attached hydrogen (secondary N) is 1. The van der Waals surface area contributed by atoms with E-state index in [-0.39, 0.29) is 10.6 Å². The second-order valence-electron chi connectivity index (χ2n) is 3.78. The van der Waals surface area contributed by atoms with Gasteiger partial charge in [0.1, 0.15) is 16.3 Å². The smallest absolute Gasteiger partial charge is 0.336 e. The summed E-state index contributed by atoms with van der Waals surface area (Å²) in [5, 5.41) is 9.37. The van der Waals surface area contributed by atoms with Crippen LogP contribution in [0.15, 0.2) is 31.8 Å². The minimum atomic E-state index is -3.91. The molecule has 20 heavy (non-hydrogen) atoms. The fourth-order valence-electron chi connectivity index (χ4n) is 1.48. The number of carbonyl (C=O) groups excluding carboxylic acids is 1. The van der Waals surface area contributed by atoms with E-state index in [2.05, 4.69) is 18.2 Å². The van der Waals surface area contributed by atoms with Crippen LogP contribution in [0.2, 0.25) is 0 Å². The van der Waals surface area contributed by atoms with E-state index in [9.17, 15) is 18.3 Å². The average molecular weight is 317 g/mol. The van der Waals surface area contributed by atoms with Crippen LogP contribution in [0.25, 0.3) is 0 Å². The molecule has 0 spiro atoms. The Kier molecular flexibility index (Phi) is 4.28. The topological polar surface area (TPSA) is 117 Å². The van der Waals surface area contributed by atoms with E-state index in [1.807, 2.05) is 0 Å². The van der Waals surface area contributed by atoms with E-state index in [1.165, 1.54) is 12.1 Å². The van der Waals surface area contributed by atoms with Gasteiger partial charge in [-0.05, 0) is 12.1 Å². The van der Waals surface area contributed by atoms with Gasteiger partial charge in [-0.1, -0.05) is 6.07 Å². The standard InChI is InChI=1S/C10H11N3O5S2/c1-18-10(15)7(14)5-11-20(16,17)8-4-2-3-6-9(8)13-19-12-6/h2-4,7,11,14H,5H2,1H3. The maximum Gasteiger partial charge on any atom is 0.336 e. The highest BCUT2D eigenvalue weighted by Gasteiger charge is 2.24. The highest BCUT2D eigenvalue weighted by Crippen LogP contribution is 2.37. The Labute approximate surface area is 118 Å². The SMILES string of the molecule is COC(=O)C(O)CNS(=O)(=O)c1cccc2c1N=S=N2. The summed E-state index contributed by atoms with van der Waals surface area (Å²) < 4.78 is 38.5. The molecule has 2 N–H and O–H groups in total. The van der Waals surface area contributed by atoms with Crippen LogP contribution in [-0.2, 0) is 30.9 Å². The molecule has 1 heterocycles. The number of benzene rings is 1. The first-order valence-corrected chi connectivity index (χ1v) is 7.64. The van der Waals surface area contributed by atoms with Crippen molar-refractivity contribution >= 4 is 38.7 Å². The van der Waals surface area contributed by atoms with E-state index in [4.69, 9.17) is 0 Å². The van der Waals surface area contributed by atoms with Crippen molar-refractivity contribution in [3.8, 4) is 0 Å². The maximum atomic E-state index is 12.1. The second kappa shape index (κ2) is 5.79. The van der Waals surface area contributed by atoms with Gasteiger partial charge >= 0.3 is 5.97 Å². The molecule has 10 heteroatoms. The highest BCUT2D eigenvalue weighted by molar-refractivity contribution is 7.89. The molecule has 0 amide bonds. The van der Waals surface area contributed by atoms with Crippen LogP contribution in [-0.4, -0.2) is 39.3 Å². The number of hydrogen-bond acceptors (Lipinski definition) is 7. The molecule has 0 radical (unpaired) electrons. The third-order valence-electron chi connectivity index (χ3n) is 2.48. The number of rotatable bonds is 5. The first-order valence-electron chi connectivity index (χ1n) is 5.42. The quantitative estimate of drug-likeness (QED) is 0.765. The number of fused-ring (bicyclic) bond motifs is 1. The first kappa shape index (κ1) is 14.8. The Bertz CT molecular complexity index is 710. The monoisotopic (exact) mass is 317 g/mol. The normalized spacial score (nSPS) is 14.5. The summed E-state index contributed by atoms with van der Waals surface area (Å²) in [6.07, 6.45) is -1.57. The van der Waals surface area contributed by atoms with Gasteiger partial charge in [0.25, 0.3) is 0 Å². The van der Waals surface area contributed by atoms with Crippen molar-refractivity contribution in [2.75, 3.05) is 13.7 Å². The van der Waals surface area contributed by atoms with Gasteiger partial charge in [-0.15, -0.1) is 0 Å². The third kappa shape index (κ3) is 2.93. The number of nitrogens with zero attached hydrogens (tertiary/aromatic N) is 2. The zero-order chi connectivity index (χ0) is 14.8. The van der Waals surface area contributed by atoms with Crippen molar-refractivity contribution in [2.45, 2.75) is 11.0 Å². The molecule has 2 rings (SSSR count). The van der Waals surface area contributed by atoms with Gasteiger partial charge in [0, 0.05) is 6.54 Å². The molecule has 0 saturated heterocycles. The van der Waals surface area contributed by atoms with Gasteiger partial charge in [-0.2, -0.15) is 8.73 Å². The number of methoxy groups -OCH3 is 1. The lowest BCUT2D eigenvalue weighted by molar-refractivity contribution is -0.149. The van der Waals surface area contributed by atoms with E-state index in [0.29, 0.717) is 5.69 Å². The third-order valence-corrected chi connectivity index (χ3v) is 4.48. The van der Waals surface area contributed by atoms with Crippen LogP contribution in [0.5, 0.6) is 0 Å². The minimum absolute atomic E-state index is 0.0548. The predicted octanol–water partition coefficient (Wildman–Crippen LogP) is 0.225. The maximum absolute atomic E-state index is 12.1. The molecule has 0 saturated carbocycles. The second-order valence-corrected chi connectivity index (χ2v) is 6.04. The van der Waals surface area contributed by atoms with Crippen LogP contribution < -0.4 is 4.72 Å². The molecule has 0 bridgehead atoms. The van der Waals surface area contributed by atoms with Crippen LogP contribution in [0.1, 0.15) is 0 Å².